The molecule has 0 bridgehead atoms. The molecular formula is C19H23N3O5S. The fourth-order valence-corrected chi connectivity index (χ4v) is 3.74. The van der Waals surface area contributed by atoms with Crippen LogP contribution in [-0.2, 0) is 4.74 Å². The standard InChI is InChI=1S/C19H23N3O5S/c1-19(2,3)27-18(24)22-7-4-8-25-10-5-6-11-12(9-10)28-16-13(20)15(17(21)23)26-14(11)16/h5-6,9H,4,7-8,20H2,1-3H3,(H2,21,23)(H,22,24). The fraction of sp³-hybridized carbons (Fsp3) is 0.368. The van der Waals surface area contributed by atoms with Crippen molar-refractivity contribution in [1.29, 1.82) is 0 Å². The lowest BCUT2D eigenvalue weighted by atomic mass is 10.2. The average Bonchev–Trinajstić information content (AvgIpc) is 3.09. The zero-order valence-corrected chi connectivity index (χ0v) is 16.8. The molecule has 0 radical (unpaired) electrons. The number of fused-ring (bicyclic) bond motifs is 3. The molecule has 0 unspecified atom stereocenters. The number of nitrogen functional groups attached to an aromatic ring is 1. The highest BCUT2D eigenvalue weighted by Crippen LogP contribution is 2.41. The highest BCUT2D eigenvalue weighted by molar-refractivity contribution is 7.26. The molecule has 0 aliphatic rings. The van der Waals surface area contributed by atoms with Crippen molar-refractivity contribution in [2.24, 2.45) is 5.73 Å². The molecule has 5 N–H and O–H groups in total. The third-order valence-corrected chi connectivity index (χ3v) is 4.96. The molecule has 2 aromatic heterocycles. The molecule has 0 atom stereocenters. The summed E-state index contributed by atoms with van der Waals surface area (Å²) in [6.45, 7) is 6.34. The van der Waals surface area contributed by atoms with Gasteiger partial charge in [0.15, 0.2) is 5.58 Å². The van der Waals surface area contributed by atoms with Gasteiger partial charge in [-0.1, -0.05) is 0 Å². The van der Waals surface area contributed by atoms with Crippen molar-refractivity contribution in [3.63, 3.8) is 0 Å². The van der Waals surface area contributed by atoms with Crippen molar-refractivity contribution in [2.75, 3.05) is 18.9 Å². The van der Waals surface area contributed by atoms with Crippen LogP contribution in [0.4, 0.5) is 10.5 Å². The van der Waals surface area contributed by atoms with Gasteiger partial charge in [0, 0.05) is 16.6 Å². The predicted octanol–water partition coefficient (Wildman–Crippen LogP) is 3.62. The largest absolute Gasteiger partial charge is 0.493 e. The minimum atomic E-state index is -0.686. The highest BCUT2D eigenvalue weighted by atomic mass is 32.1. The van der Waals surface area contributed by atoms with Crippen LogP contribution in [0.15, 0.2) is 22.6 Å². The van der Waals surface area contributed by atoms with E-state index < -0.39 is 17.6 Å². The molecule has 0 fully saturated rings. The molecule has 3 aromatic rings. The quantitative estimate of drug-likeness (QED) is 0.537. The number of thiophene rings is 1. The number of rotatable bonds is 6. The first-order chi connectivity index (χ1) is 13.2. The minimum Gasteiger partial charge on any atom is -0.493 e. The SMILES string of the molecule is CC(C)(C)OC(=O)NCCCOc1ccc2c(c1)sc1c(N)c(C(N)=O)oc12. The van der Waals surface area contributed by atoms with Crippen molar-refractivity contribution in [1.82, 2.24) is 5.32 Å². The topological polar surface area (TPSA) is 130 Å². The molecule has 3 rings (SSSR count). The Hall–Kier alpha value is -2.94. The molecule has 0 saturated heterocycles. The molecule has 8 nitrogen and oxygen atoms in total. The van der Waals surface area contributed by atoms with Crippen molar-refractivity contribution in [3.05, 3.63) is 24.0 Å². The van der Waals surface area contributed by atoms with Crippen molar-refractivity contribution in [3.8, 4) is 5.75 Å². The summed E-state index contributed by atoms with van der Waals surface area (Å²) in [7, 11) is 0. The first-order valence-electron chi connectivity index (χ1n) is 8.79. The number of furan rings is 1. The molecule has 28 heavy (non-hydrogen) atoms. The van der Waals surface area contributed by atoms with E-state index in [1.165, 1.54) is 11.3 Å². The third kappa shape index (κ3) is 4.30. The Kier molecular flexibility index (Phi) is 5.37. The Bertz CT molecular complexity index is 1030. The second-order valence-electron chi connectivity index (χ2n) is 7.26. The number of benzene rings is 1. The van der Waals surface area contributed by atoms with E-state index in [1.807, 2.05) is 39.0 Å². The van der Waals surface area contributed by atoms with Gasteiger partial charge in [-0.15, -0.1) is 11.3 Å². The Labute approximate surface area is 165 Å². The Balaban J connectivity index is 1.58. The Morgan fingerprint density at radius 2 is 2.04 bits per heavy atom. The number of alkyl carbamates (subject to hydrolysis) is 1. The zero-order valence-electron chi connectivity index (χ0n) is 16.0. The number of hydrogen-bond acceptors (Lipinski definition) is 7. The average molecular weight is 405 g/mol. The van der Waals surface area contributed by atoms with Crippen LogP contribution in [0.3, 0.4) is 0 Å². The van der Waals surface area contributed by atoms with Crippen molar-refractivity contribution >= 4 is 49.4 Å². The predicted molar refractivity (Wildman–Crippen MR) is 109 cm³/mol. The van der Waals surface area contributed by atoms with Gasteiger partial charge >= 0.3 is 6.09 Å². The van der Waals surface area contributed by atoms with Crippen LogP contribution in [0.25, 0.3) is 20.4 Å². The zero-order chi connectivity index (χ0) is 20.5. The van der Waals surface area contributed by atoms with Gasteiger partial charge in [0.2, 0.25) is 5.76 Å². The molecule has 9 heteroatoms. The van der Waals surface area contributed by atoms with Gasteiger partial charge in [-0.2, -0.15) is 0 Å². The maximum Gasteiger partial charge on any atom is 0.407 e. The van der Waals surface area contributed by atoms with Gasteiger partial charge in [-0.05, 0) is 45.4 Å². The van der Waals surface area contributed by atoms with Crippen LogP contribution < -0.4 is 21.5 Å². The van der Waals surface area contributed by atoms with Crippen molar-refractivity contribution < 1.29 is 23.5 Å². The number of anilines is 1. The smallest absolute Gasteiger partial charge is 0.407 e. The first kappa shape index (κ1) is 19.8. The van der Waals surface area contributed by atoms with Gasteiger partial charge in [-0.3, -0.25) is 4.79 Å². The molecule has 2 amide bonds. The lowest BCUT2D eigenvalue weighted by Gasteiger charge is -2.19. The van der Waals surface area contributed by atoms with E-state index in [0.717, 1.165) is 10.1 Å². The van der Waals surface area contributed by atoms with Crippen LogP contribution in [0.2, 0.25) is 0 Å². The maximum absolute atomic E-state index is 11.6. The van der Waals surface area contributed by atoms with Crippen LogP contribution in [0.1, 0.15) is 37.7 Å². The van der Waals surface area contributed by atoms with Gasteiger partial charge in [-0.25, -0.2) is 4.79 Å². The van der Waals surface area contributed by atoms with Crippen molar-refractivity contribution in [2.45, 2.75) is 32.8 Å². The van der Waals surface area contributed by atoms with Gasteiger partial charge in [0.25, 0.3) is 5.91 Å². The van der Waals surface area contributed by atoms with Crippen LogP contribution in [-0.4, -0.2) is 30.8 Å². The molecule has 2 heterocycles. The molecular weight excluding hydrogens is 382 g/mol. The number of hydrogen-bond donors (Lipinski definition) is 3. The number of carbonyl (C=O) groups is 2. The van der Waals surface area contributed by atoms with E-state index in [0.29, 0.717) is 35.6 Å². The number of carbonyl (C=O) groups excluding carboxylic acids is 2. The molecule has 0 aliphatic carbocycles. The number of nitrogens with two attached hydrogens (primary N) is 2. The van der Waals surface area contributed by atoms with E-state index in [9.17, 15) is 9.59 Å². The highest BCUT2D eigenvalue weighted by Gasteiger charge is 2.20. The summed E-state index contributed by atoms with van der Waals surface area (Å²) < 4.78 is 18.1. The van der Waals surface area contributed by atoms with E-state index in [1.54, 1.807) is 0 Å². The van der Waals surface area contributed by atoms with Gasteiger partial charge in [0.05, 0.1) is 11.3 Å². The summed E-state index contributed by atoms with van der Waals surface area (Å²) in [5.41, 5.74) is 11.5. The van der Waals surface area contributed by atoms with Crippen LogP contribution in [0.5, 0.6) is 5.75 Å². The molecule has 0 saturated carbocycles. The summed E-state index contributed by atoms with van der Waals surface area (Å²) >= 11 is 1.41. The lowest BCUT2D eigenvalue weighted by molar-refractivity contribution is 0.0525. The van der Waals surface area contributed by atoms with E-state index >= 15 is 0 Å². The fourth-order valence-electron chi connectivity index (χ4n) is 2.63. The summed E-state index contributed by atoms with van der Waals surface area (Å²) in [5, 5.41) is 3.53. The second-order valence-corrected chi connectivity index (χ2v) is 8.31. The summed E-state index contributed by atoms with van der Waals surface area (Å²) in [6.07, 6.45) is 0.196. The van der Waals surface area contributed by atoms with E-state index in [2.05, 4.69) is 5.32 Å². The summed E-state index contributed by atoms with van der Waals surface area (Å²) in [6, 6.07) is 5.56. The van der Waals surface area contributed by atoms with Crippen LogP contribution in [0, 0.1) is 0 Å². The molecule has 0 aliphatic heterocycles. The summed E-state index contributed by atoms with van der Waals surface area (Å²) in [4.78, 5) is 22.9. The van der Waals surface area contributed by atoms with Gasteiger partial charge in [0.1, 0.15) is 17.0 Å². The van der Waals surface area contributed by atoms with Crippen LogP contribution >= 0.6 is 11.3 Å². The molecule has 0 spiro atoms. The molecule has 1 aromatic carbocycles. The Morgan fingerprint density at radius 3 is 2.71 bits per heavy atom. The van der Waals surface area contributed by atoms with E-state index in [4.69, 9.17) is 25.4 Å². The lowest BCUT2D eigenvalue weighted by Crippen LogP contribution is -2.33. The second kappa shape index (κ2) is 7.59. The maximum atomic E-state index is 11.6. The van der Waals surface area contributed by atoms with E-state index in [-0.39, 0.29) is 11.4 Å². The minimum absolute atomic E-state index is 0.0130. The summed E-state index contributed by atoms with van der Waals surface area (Å²) in [5.74, 6) is -0.00248. The monoisotopic (exact) mass is 405 g/mol. The Morgan fingerprint density at radius 1 is 1.29 bits per heavy atom. The number of ether oxygens (including phenoxy) is 2. The molecule has 150 valence electrons. The normalized spacial score (nSPS) is 11.7. The number of amides is 2. The third-order valence-electron chi connectivity index (χ3n) is 3.79. The van der Waals surface area contributed by atoms with Gasteiger partial charge < -0.3 is 30.7 Å². The number of primary amides is 1. The number of nitrogens with one attached hydrogen (secondary N) is 1. The first-order valence-corrected chi connectivity index (χ1v) is 9.61.